The van der Waals surface area contributed by atoms with E-state index in [-0.39, 0.29) is 22.0 Å². The summed E-state index contributed by atoms with van der Waals surface area (Å²) in [6.07, 6.45) is 4.03. The normalized spacial score (nSPS) is 13.7. The number of halogens is 1. The quantitative estimate of drug-likeness (QED) is 0.514. The van der Waals surface area contributed by atoms with Gasteiger partial charge in [-0.1, -0.05) is 29.8 Å². The van der Waals surface area contributed by atoms with Crippen molar-refractivity contribution in [1.82, 2.24) is 9.78 Å². The van der Waals surface area contributed by atoms with E-state index in [4.69, 9.17) is 11.6 Å². The van der Waals surface area contributed by atoms with E-state index in [1.54, 1.807) is 42.1 Å². The molecule has 1 aliphatic carbocycles. The molecule has 1 amide bonds. The molecule has 168 valence electrons. The highest BCUT2D eigenvalue weighted by atomic mass is 35.5. The summed E-state index contributed by atoms with van der Waals surface area (Å²) in [5, 5.41) is 7.40. The fourth-order valence-corrected chi connectivity index (χ4v) is 5.26. The molecule has 1 fully saturated rings. The molecule has 9 heteroatoms. The molecule has 1 heterocycles. The maximum absolute atomic E-state index is 13.3. The monoisotopic (exact) mass is 472 g/mol. The number of aryl methyl sites for hydroxylation is 1. The lowest BCUT2D eigenvalue weighted by atomic mass is 10.2. The number of nitrogens with zero attached hydrogens (tertiary/aromatic N) is 3. The minimum atomic E-state index is -3.89. The van der Waals surface area contributed by atoms with Crippen LogP contribution in [0, 0.1) is 12.8 Å². The number of sulfonamides is 1. The smallest absolute Gasteiger partial charge is 0.264 e. The Morgan fingerprint density at radius 1 is 1.22 bits per heavy atom. The molecule has 7 nitrogen and oxygen atoms in total. The van der Waals surface area contributed by atoms with Crippen LogP contribution in [0.2, 0.25) is 5.02 Å². The Kier molecular flexibility index (Phi) is 6.26. The number of benzene rings is 2. The third-order valence-corrected chi connectivity index (χ3v) is 7.71. The van der Waals surface area contributed by atoms with E-state index >= 15 is 0 Å². The summed E-state index contributed by atoms with van der Waals surface area (Å²) in [5.41, 5.74) is 1.48. The van der Waals surface area contributed by atoms with Crippen LogP contribution in [0.1, 0.15) is 35.7 Å². The highest BCUT2D eigenvalue weighted by molar-refractivity contribution is 7.92. The minimum Gasteiger partial charge on any atom is -0.307 e. The van der Waals surface area contributed by atoms with Gasteiger partial charge in [0.15, 0.2) is 0 Å². The maximum Gasteiger partial charge on any atom is 0.264 e. The number of para-hydroxylation sites is 1. The molecule has 0 unspecified atom stereocenters. The fourth-order valence-electron chi connectivity index (χ4n) is 3.55. The van der Waals surface area contributed by atoms with Crippen LogP contribution >= 0.6 is 11.6 Å². The third-order valence-electron chi connectivity index (χ3n) is 5.48. The Morgan fingerprint density at radius 2 is 1.94 bits per heavy atom. The van der Waals surface area contributed by atoms with Gasteiger partial charge in [-0.25, -0.2) is 13.1 Å². The zero-order valence-corrected chi connectivity index (χ0v) is 19.5. The Balaban J connectivity index is 1.64. The number of nitrogens with one attached hydrogen (secondary N) is 1. The van der Waals surface area contributed by atoms with Crippen molar-refractivity contribution in [3.63, 3.8) is 0 Å². The van der Waals surface area contributed by atoms with Crippen LogP contribution < -0.4 is 9.62 Å². The second-order valence-electron chi connectivity index (χ2n) is 7.90. The molecule has 4 rings (SSSR count). The van der Waals surface area contributed by atoms with Gasteiger partial charge in [-0.3, -0.25) is 9.10 Å². The standard InChI is InChI=1S/C23H25ClN4O3S/c1-3-28(18-7-5-4-6-8-18)32(30,31)19-11-12-21(24)20(13-19)23(29)26-22-16(2)14-25-27(22)15-17-9-10-17/h4-8,11-14,17H,3,9-10,15H2,1-2H3,(H,26,29). The summed E-state index contributed by atoms with van der Waals surface area (Å²) in [7, 11) is -3.89. The van der Waals surface area contributed by atoms with E-state index in [0.717, 1.165) is 24.9 Å². The highest BCUT2D eigenvalue weighted by Gasteiger charge is 2.27. The van der Waals surface area contributed by atoms with Gasteiger partial charge >= 0.3 is 0 Å². The van der Waals surface area contributed by atoms with Gasteiger partial charge in [0.2, 0.25) is 0 Å². The van der Waals surface area contributed by atoms with Crippen molar-refractivity contribution in [1.29, 1.82) is 0 Å². The summed E-state index contributed by atoms with van der Waals surface area (Å²) in [6.45, 7) is 4.62. The lowest BCUT2D eigenvalue weighted by Crippen LogP contribution is -2.31. The number of hydrogen-bond acceptors (Lipinski definition) is 4. The Labute approximate surface area is 193 Å². The molecule has 0 saturated heterocycles. The molecule has 0 spiro atoms. The SMILES string of the molecule is CCN(c1ccccc1)S(=O)(=O)c1ccc(Cl)c(C(=O)Nc2c(C)cnn2CC2CC2)c1. The van der Waals surface area contributed by atoms with Crippen molar-refractivity contribution in [2.24, 2.45) is 5.92 Å². The van der Waals surface area contributed by atoms with Crippen molar-refractivity contribution >= 4 is 39.0 Å². The fraction of sp³-hybridized carbons (Fsp3) is 0.304. The zero-order chi connectivity index (χ0) is 22.9. The molecule has 0 atom stereocenters. The van der Waals surface area contributed by atoms with Crippen molar-refractivity contribution in [3.8, 4) is 0 Å². The predicted molar refractivity (Wildman–Crippen MR) is 126 cm³/mol. The van der Waals surface area contributed by atoms with Crippen molar-refractivity contribution in [3.05, 3.63) is 70.9 Å². The van der Waals surface area contributed by atoms with Crippen LogP contribution in [-0.4, -0.2) is 30.7 Å². The number of rotatable bonds is 8. The summed E-state index contributed by atoms with van der Waals surface area (Å²) < 4.78 is 29.8. The van der Waals surface area contributed by atoms with E-state index in [1.807, 2.05) is 13.0 Å². The summed E-state index contributed by atoms with van der Waals surface area (Å²) >= 11 is 6.29. The van der Waals surface area contributed by atoms with Gasteiger partial charge in [0.25, 0.3) is 15.9 Å². The lowest BCUT2D eigenvalue weighted by Gasteiger charge is -2.23. The van der Waals surface area contributed by atoms with Crippen molar-refractivity contribution in [2.75, 3.05) is 16.2 Å². The van der Waals surface area contributed by atoms with Crippen molar-refractivity contribution < 1.29 is 13.2 Å². The van der Waals surface area contributed by atoms with Crippen LogP contribution in [0.25, 0.3) is 0 Å². The Morgan fingerprint density at radius 3 is 2.59 bits per heavy atom. The van der Waals surface area contributed by atoms with Gasteiger partial charge < -0.3 is 5.32 Å². The summed E-state index contributed by atoms with van der Waals surface area (Å²) in [6, 6.07) is 13.0. The van der Waals surface area contributed by atoms with Crippen LogP contribution in [0.3, 0.4) is 0 Å². The third kappa shape index (κ3) is 4.52. The first kappa shape index (κ1) is 22.4. The average Bonchev–Trinajstić information content (AvgIpc) is 3.53. The van der Waals surface area contributed by atoms with Gasteiger partial charge in [0.05, 0.1) is 27.4 Å². The molecular formula is C23H25ClN4O3S. The molecule has 1 aromatic heterocycles. The first-order chi connectivity index (χ1) is 15.3. The molecular weight excluding hydrogens is 448 g/mol. The molecule has 0 radical (unpaired) electrons. The summed E-state index contributed by atoms with van der Waals surface area (Å²) in [4.78, 5) is 13.1. The van der Waals surface area contributed by atoms with E-state index < -0.39 is 15.9 Å². The van der Waals surface area contributed by atoms with Crippen LogP contribution in [0.15, 0.2) is 59.6 Å². The maximum atomic E-state index is 13.3. The molecule has 0 aliphatic heterocycles. The van der Waals surface area contributed by atoms with Crippen molar-refractivity contribution in [2.45, 2.75) is 38.1 Å². The van der Waals surface area contributed by atoms with Gasteiger partial charge in [0.1, 0.15) is 5.82 Å². The first-order valence-electron chi connectivity index (χ1n) is 10.5. The van der Waals surface area contributed by atoms with E-state index in [9.17, 15) is 13.2 Å². The predicted octanol–water partition coefficient (Wildman–Crippen LogP) is 4.72. The number of anilines is 2. The minimum absolute atomic E-state index is 0.000892. The van der Waals surface area contributed by atoms with Gasteiger partial charge in [0, 0.05) is 18.7 Å². The Hall–Kier alpha value is -2.84. The Bertz CT molecular complexity index is 1240. The van der Waals surface area contributed by atoms with E-state index in [0.29, 0.717) is 17.4 Å². The molecule has 1 aliphatic rings. The molecule has 3 aromatic rings. The summed E-state index contributed by atoms with van der Waals surface area (Å²) in [5.74, 6) is 0.709. The average molecular weight is 473 g/mol. The van der Waals surface area contributed by atoms with Crippen LogP contribution in [-0.2, 0) is 16.6 Å². The van der Waals surface area contributed by atoms with Crippen LogP contribution in [0.4, 0.5) is 11.5 Å². The topological polar surface area (TPSA) is 84.3 Å². The number of aromatic nitrogens is 2. The van der Waals surface area contributed by atoms with Gasteiger partial charge in [-0.15, -0.1) is 0 Å². The molecule has 0 bridgehead atoms. The highest BCUT2D eigenvalue weighted by Crippen LogP contribution is 2.32. The van der Waals surface area contributed by atoms with Crippen LogP contribution in [0.5, 0.6) is 0 Å². The molecule has 2 aromatic carbocycles. The van der Waals surface area contributed by atoms with Gasteiger partial charge in [-0.05, 0) is 62.9 Å². The van der Waals surface area contributed by atoms with E-state index in [1.165, 1.54) is 22.5 Å². The molecule has 1 saturated carbocycles. The van der Waals surface area contributed by atoms with E-state index in [2.05, 4.69) is 10.4 Å². The number of amides is 1. The first-order valence-corrected chi connectivity index (χ1v) is 12.3. The molecule has 32 heavy (non-hydrogen) atoms. The lowest BCUT2D eigenvalue weighted by molar-refractivity contribution is 0.102. The number of carbonyl (C=O) groups is 1. The van der Waals surface area contributed by atoms with Gasteiger partial charge in [-0.2, -0.15) is 5.10 Å². The zero-order valence-electron chi connectivity index (χ0n) is 18.0. The second kappa shape index (κ2) is 8.96. The number of carbonyl (C=O) groups excluding carboxylic acids is 1. The molecule has 1 N–H and O–H groups in total. The number of hydrogen-bond donors (Lipinski definition) is 1. The second-order valence-corrected chi connectivity index (χ2v) is 10.2. The largest absolute Gasteiger partial charge is 0.307 e.